The molecule has 3 heteroatoms. The summed E-state index contributed by atoms with van der Waals surface area (Å²) in [5.41, 5.74) is 0. The molecule has 0 radical (unpaired) electrons. The van der Waals surface area contributed by atoms with E-state index in [2.05, 4.69) is 19.1 Å². The van der Waals surface area contributed by atoms with Crippen molar-refractivity contribution in [2.75, 3.05) is 0 Å². The lowest BCUT2D eigenvalue weighted by Crippen LogP contribution is -2.18. The first-order chi connectivity index (χ1) is 10.2. The van der Waals surface area contributed by atoms with E-state index in [0.29, 0.717) is 6.42 Å². The van der Waals surface area contributed by atoms with Crippen LogP contribution in [0.5, 0.6) is 0 Å². The number of aliphatic carboxylic acids is 1. The minimum Gasteiger partial charge on any atom is -0.479 e. The summed E-state index contributed by atoms with van der Waals surface area (Å²) in [6, 6.07) is 0. The van der Waals surface area contributed by atoms with Crippen molar-refractivity contribution in [1.29, 1.82) is 0 Å². The molecule has 0 rings (SSSR count). The Morgan fingerprint density at radius 3 is 1.86 bits per heavy atom. The Morgan fingerprint density at radius 2 is 1.33 bits per heavy atom. The predicted molar refractivity (Wildman–Crippen MR) is 88.5 cm³/mol. The number of carbonyl (C=O) groups is 1. The number of aliphatic hydroxyl groups is 1. The summed E-state index contributed by atoms with van der Waals surface area (Å²) >= 11 is 0. The van der Waals surface area contributed by atoms with Crippen LogP contribution in [0.1, 0.15) is 90.4 Å². The standard InChI is InChI=1S/C18H34O3/c1-2-3-4-5-6-7-8-9-10-11-12-13-14-15-16-17(19)18(20)21/h12-13,17,19H,2-11,14-16H2,1H3,(H,20,21)/b13-12-. The summed E-state index contributed by atoms with van der Waals surface area (Å²) in [6.07, 6.45) is 18.4. The van der Waals surface area contributed by atoms with Crippen LogP contribution in [0.3, 0.4) is 0 Å². The molecule has 2 N–H and O–H groups in total. The number of aliphatic hydroxyl groups excluding tert-OH is 1. The van der Waals surface area contributed by atoms with E-state index in [0.717, 1.165) is 19.3 Å². The molecule has 0 aliphatic rings. The molecule has 0 aromatic carbocycles. The maximum atomic E-state index is 10.4. The highest BCUT2D eigenvalue weighted by molar-refractivity contribution is 5.71. The molecule has 124 valence electrons. The minimum atomic E-state index is -1.20. The van der Waals surface area contributed by atoms with E-state index in [1.165, 1.54) is 57.8 Å². The lowest BCUT2D eigenvalue weighted by atomic mass is 10.1. The van der Waals surface area contributed by atoms with Gasteiger partial charge in [0, 0.05) is 0 Å². The molecule has 3 nitrogen and oxygen atoms in total. The van der Waals surface area contributed by atoms with Gasteiger partial charge in [-0.25, -0.2) is 4.79 Å². The van der Waals surface area contributed by atoms with E-state index >= 15 is 0 Å². The molecule has 0 bridgehead atoms. The Kier molecular flexibility index (Phi) is 14.9. The van der Waals surface area contributed by atoms with Gasteiger partial charge in [0.1, 0.15) is 0 Å². The van der Waals surface area contributed by atoms with Crippen LogP contribution < -0.4 is 0 Å². The molecule has 0 saturated heterocycles. The molecule has 0 heterocycles. The van der Waals surface area contributed by atoms with E-state index in [1.807, 2.05) is 0 Å². The minimum absolute atomic E-state index is 0.345. The Bertz CT molecular complexity index is 261. The SMILES string of the molecule is CCCCCCCCCCC/C=C\CCCC(O)C(=O)O. The van der Waals surface area contributed by atoms with Crippen LogP contribution in [-0.2, 0) is 4.79 Å². The summed E-state index contributed by atoms with van der Waals surface area (Å²) in [7, 11) is 0. The quantitative estimate of drug-likeness (QED) is 0.327. The Balaban J connectivity index is 3.17. The third-order valence-corrected chi connectivity index (χ3v) is 3.77. The average molecular weight is 298 g/mol. The predicted octanol–water partition coefficient (Wildman–Crippen LogP) is 5.08. The van der Waals surface area contributed by atoms with Gasteiger partial charge in [0.15, 0.2) is 6.10 Å². The zero-order chi connectivity index (χ0) is 15.8. The van der Waals surface area contributed by atoms with Crippen molar-refractivity contribution in [1.82, 2.24) is 0 Å². The van der Waals surface area contributed by atoms with E-state index in [9.17, 15) is 4.79 Å². The second kappa shape index (κ2) is 15.6. The van der Waals surface area contributed by atoms with Crippen molar-refractivity contribution < 1.29 is 15.0 Å². The molecule has 0 aliphatic heterocycles. The van der Waals surface area contributed by atoms with Crippen molar-refractivity contribution in [2.24, 2.45) is 0 Å². The second-order valence-corrected chi connectivity index (χ2v) is 5.87. The fourth-order valence-electron chi connectivity index (χ4n) is 2.36. The van der Waals surface area contributed by atoms with Gasteiger partial charge in [0.05, 0.1) is 0 Å². The molecule has 0 amide bonds. The Morgan fingerprint density at radius 1 is 0.857 bits per heavy atom. The molecule has 0 aromatic rings. The van der Waals surface area contributed by atoms with Crippen molar-refractivity contribution >= 4 is 5.97 Å². The maximum absolute atomic E-state index is 10.4. The number of hydrogen-bond donors (Lipinski definition) is 2. The molecule has 0 saturated carbocycles. The van der Waals surface area contributed by atoms with Crippen LogP contribution >= 0.6 is 0 Å². The molecule has 0 spiro atoms. The van der Waals surface area contributed by atoms with Crippen LogP contribution in [0, 0.1) is 0 Å². The van der Waals surface area contributed by atoms with Gasteiger partial charge in [-0.3, -0.25) is 0 Å². The maximum Gasteiger partial charge on any atom is 0.332 e. The third kappa shape index (κ3) is 15.4. The van der Waals surface area contributed by atoms with Gasteiger partial charge in [-0.2, -0.15) is 0 Å². The van der Waals surface area contributed by atoms with Gasteiger partial charge in [0.25, 0.3) is 0 Å². The second-order valence-electron chi connectivity index (χ2n) is 5.87. The topological polar surface area (TPSA) is 57.5 Å². The first-order valence-electron chi connectivity index (χ1n) is 8.74. The zero-order valence-corrected chi connectivity index (χ0v) is 13.7. The van der Waals surface area contributed by atoms with Gasteiger partial charge in [0.2, 0.25) is 0 Å². The number of unbranched alkanes of at least 4 members (excludes halogenated alkanes) is 10. The molecule has 0 aromatic heterocycles. The monoisotopic (exact) mass is 298 g/mol. The highest BCUT2D eigenvalue weighted by Gasteiger charge is 2.10. The van der Waals surface area contributed by atoms with E-state index in [-0.39, 0.29) is 0 Å². The van der Waals surface area contributed by atoms with Crippen LogP contribution in [-0.4, -0.2) is 22.3 Å². The molecule has 1 atom stereocenters. The first-order valence-corrected chi connectivity index (χ1v) is 8.74. The van der Waals surface area contributed by atoms with Gasteiger partial charge in [-0.15, -0.1) is 0 Å². The lowest BCUT2D eigenvalue weighted by Gasteiger charge is -2.02. The lowest BCUT2D eigenvalue weighted by molar-refractivity contribution is -0.146. The fraction of sp³-hybridized carbons (Fsp3) is 0.833. The zero-order valence-electron chi connectivity index (χ0n) is 13.7. The highest BCUT2D eigenvalue weighted by atomic mass is 16.4. The van der Waals surface area contributed by atoms with E-state index < -0.39 is 12.1 Å². The van der Waals surface area contributed by atoms with E-state index in [1.54, 1.807) is 0 Å². The number of rotatable bonds is 15. The van der Waals surface area contributed by atoms with Crippen molar-refractivity contribution in [3.63, 3.8) is 0 Å². The Hall–Kier alpha value is -0.830. The van der Waals surface area contributed by atoms with Crippen molar-refractivity contribution in [2.45, 2.75) is 96.5 Å². The summed E-state index contributed by atoms with van der Waals surface area (Å²) in [6.45, 7) is 2.25. The molecule has 0 aliphatic carbocycles. The largest absolute Gasteiger partial charge is 0.479 e. The van der Waals surface area contributed by atoms with Crippen molar-refractivity contribution in [3.05, 3.63) is 12.2 Å². The first kappa shape index (κ1) is 20.2. The normalized spacial score (nSPS) is 12.9. The number of carboxylic acids is 1. The van der Waals surface area contributed by atoms with Gasteiger partial charge in [-0.1, -0.05) is 70.4 Å². The van der Waals surface area contributed by atoms with Gasteiger partial charge >= 0.3 is 5.97 Å². The smallest absolute Gasteiger partial charge is 0.332 e. The summed E-state index contributed by atoms with van der Waals surface area (Å²) in [5.74, 6) is -1.12. The van der Waals surface area contributed by atoms with Crippen LogP contribution in [0.4, 0.5) is 0 Å². The summed E-state index contributed by atoms with van der Waals surface area (Å²) in [5, 5.41) is 17.6. The average Bonchev–Trinajstić information content (AvgIpc) is 2.47. The summed E-state index contributed by atoms with van der Waals surface area (Å²) in [4.78, 5) is 10.4. The highest BCUT2D eigenvalue weighted by Crippen LogP contribution is 2.11. The molecule has 1 unspecified atom stereocenters. The number of carboxylic acid groups (broad SMARTS) is 1. The third-order valence-electron chi connectivity index (χ3n) is 3.77. The van der Waals surface area contributed by atoms with E-state index in [4.69, 9.17) is 10.2 Å². The molecular weight excluding hydrogens is 264 g/mol. The number of hydrogen-bond acceptors (Lipinski definition) is 2. The van der Waals surface area contributed by atoms with Crippen LogP contribution in [0.2, 0.25) is 0 Å². The molecule has 21 heavy (non-hydrogen) atoms. The van der Waals surface area contributed by atoms with Crippen LogP contribution in [0.25, 0.3) is 0 Å². The van der Waals surface area contributed by atoms with Crippen molar-refractivity contribution in [3.8, 4) is 0 Å². The Labute approximate surface area is 130 Å². The summed E-state index contributed by atoms with van der Waals surface area (Å²) < 4.78 is 0. The number of allylic oxidation sites excluding steroid dienone is 2. The molecule has 0 fully saturated rings. The van der Waals surface area contributed by atoms with Crippen LogP contribution in [0.15, 0.2) is 12.2 Å². The molecular formula is C18H34O3. The van der Waals surface area contributed by atoms with Gasteiger partial charge < -0.3 is 10.2 Å². The fourth-order valence-corrected chi connectivity index (χ4v) is 2.36. The van der Waals surface area contributed by atoms with Gasteiger partial charge in [-0.05, 0) is 32.1 Å².